The number of non-ortho nitro benzene ring substituents is 1. The number of halogens is 1. The number of aliphatic hydroxyl groups excluding tert-OH is 1. The number of hydrogen-bond donors (Lipinski definition) is 1. The number of piperidine rings is 1. The molecular weight excluding hydrogens is 267 g/mol. The SMILES string of the molecule is O=C(c1ccc([N+](=O)[O-])cc1F)N1CCCCC1CO. The molecule has 1 fully saturated rings. The van der Waals surface area contributed by atoms with Crippen molar-refractivity contribution in [2.75, 3.05) is 13.2 Å². The molecule has 0 bridgehead atoms. The Bertz CT molecular complexity index is 535. The van der Waals surface area contributed by atoms with Crippen LogP contribution in [0, 0.1) is 15.9 Å². The predicted molar refractivity (Wildman–Crippen MR) is 68.8 cm³/mol. The van der Waals surface area contributed by atoms with E-state index < -0.39 is 22.3 Å². The summed E-state index contributed by atoms with van der Waals surface area (Å²) in [5.41, 5.74) is -0.590. The van der Waals surface area contributed by atoms with Gasteiger partial charge >= 0.3 is 0 Å². The average Bonchev–Trinajstić information content (AvgIpc) is 2.46. The summed E-state index contributed by atoms with van der Waals surface area (Å²) in [7, 11) is 0. The highest BCUT2D eigenvalue weighted by molar-refractivity contribution is 5.95. The van der Waals surface area contributed by atoms with E-state index in [1.165, 1.54) is 4.90 Å². The maximum absolute atomic E-state index is 13.8. The fourth-order valence-corrected chi connectivity index (χ4v) is 2.40. The molecule has 1 aliphatic heterocycles. The van der Waals surface area contributed by atoms with Gasteiger partial charge in [0.25, 0.3) is 11.6 Å². The van der Waals surface area contributed by atoms with Crippen molar-refractivity contribution >= 4 is 11.6 Å². The number of aliphatic hydroxyl groups is 1. The first-order chi connectivity index (χ1) is 9.54. The second-order valence-corrected chi connectivity index (χ2v) is 4.75. The lowest BCUT2D eigenvalue weighted by atomic mass is 10.0. The standard InChI is InChI=1S/C13H15FN2O4/c14-12-7-9(16(19)20)4-5-11(12)13(18)15-6-2-1-3-10(15)8-17/h4-5,7,10,17H,1-3,6,8H2. The Morgan fingerprint density at radius 1 is 1.50 bits per heavy atom. The molecule has 1 atom stereocenters. The van der Waals surface area contributed by atoms with Crippen LogP contribution in [0.4, 0.5) is 10.1 Å². The maximum Gasteiger partial charge on any atom is 0.272 e. The number of likely N-dealkylation sites (tertiary alicyclic amines) is 1. The topological polar surface area (TPSA) is 83.7 Å². The summed E-state index contributed by atoms with van der Waals surface area (Å²) in [6, 6.07) is 2.66. The van der Waals surface area contributed by atoms with Gasteiger partial charge in [0, 0.05) is 12.6 Å². The van der Waals surface area contributed by atoms with Crippen LogP contribution in [0.25, 0.3) is 0 Å². The van der Waals surface area contributed by atoms with E-state index in [9.17, 15) is 24.4 Å². The van der Waals surface area contributed by atoms with Gasteiger partial charge < -0.3 is 10.0 Å². The molecule has 6 nitrogen and oxygen atoms in total. The summed E-state index contributed by atoms with van der Waals surface area (Å²) in [5.74, 6) is -1.44. The highest BCUT2D eigenvalue weighted by atomic mass is 19.1. The van der Waals surface area contributed by atoms with Gasteiger partial charge in [-0.25, -0.2) is 4.39 Å². The van der Waals surface area contributed by atoms with Gasteiger partial charge in [-0.2, -0.15) is 0 Å². The third-order valence-electron chi connectivity index (χ3n) is 3.49. The molecule has 7 heteroatoms. The number of hydrogen-bond acceptors (Lipinski definition) is 4. The molecule has 1 unspecified atom stereocenters. The Morgan fingerprint density at radius 3 is 2.85 bits per heavy atom. The fourth-order valence-electron chi connectivity index (χ4n) is 2.40. The van der Waals surface area contributed by atoms with Crippen LogP contribution in [0.3, 0.4) is 0 Å². The molecule has 1 N–H and O–H groups in total. The summed E-state index contributed by atoms with van der Waals surface area (Å²) >= 11 is 0. The molecule has 108 valence electrons. The van der Waals surface area contributed by atoms with E-state index in [-0.39, 0.29) is 18.2 Å². The first kappa shape index (κ1) is 14.4. The second-order valence-electron chi connectivity index (χ2n) is 4.75. The Labute approximate surface area is 115 Å². The van der Waals surface area contributed by atoms with E-state index in [0.29, 0.717) is 13.0 Å². The molecule has 0 aliphatic carbocycles. The molecule has 1 saturated heterocycles. The molecule has 0 aromatic heterocycles. The molecule has 0 saturated carbocycles. The van der Waals surface area contributed by atoms with E-state index in [1.54, 1.807) is 0 Å². The van der Waals surface area contributed by atoms with Crippen LogP contribution in [0.15, 0.2) is 18.2 Å². The highest BCUT2D eigenvalue weighted by Gasteiger charge is 2.29. The molecule has 0 radical (unpaired) electrons. The van der Waals surface area contributed by atoms with E-state index in [2.05, 4.69) is 0 Å². The van der Waals surface area contributed by atoms with E-state index in [1.807, 2.05) is 0 Å². The number of nitro benzene ring substituents is 1. The number of amides is 1. The summed E-state index contributed by atoms with van der Waals surface area (Å²) < 4.78 is 13.8. The van der Waals surface area contributed by atoms with Crippen molar-refractivity contribution in [1.82, 2.24) is 4.90 Å². The van der Waals surface area contributed by atoms with Gasteiger partial charge in [0.2, 0.25) is 0 Å². The molecule has 2 rings (SSSR count). The maximum atomic E-state index is 13.8. The summed E-state index contributed by atoms with van der Waals surface area (Å²) in [6.45, 7) is 0.292. The molecule has 1 heterocycles. The molecule has 0 spiro atoms. The van der Waals surface area contributed by atoms with Crippen molar-refractivity contribution in [2.24, 2.45) is 0 Å². The molecule has 20 heavy (non-hydrogen) atoms. The minimum atomic E-state index is -0.911. The zero-order valence-corrected chi connectivity index (χ0v) is 10.8. The second kappa shape index (κ2) is 5.96. The Balaban J connectivity index is 2.26. The summed E-state index contributed by atoms with van der Waals surface area (Å²) in [6.07, 6.45) is 2.39. The lowest BCUT2D eigenvalue weighted by Gasteiger charge is -2.34. The fraction of sp³-hybridized carbons (Fsp3) is 0.462. The number of benzene rings is 1. The zero-order valence-electron chi connectivity index (χ0n) is 10.8. The summed E-state index contributed by atoms with van der Waals surface area (Å²) in [4.78, 5) is 23.5. The van der Waals surface area contributed by atoms with Crippen LogP contribution < -0.4 is 0 Å². The van der Waals surface area contributed by atoms with Crippen molar-refractivity contribution in [3.8, 4) is 0 Å². The highest BCUT2D eigenvalue weighted by Crippen LogP contribution is 2.22. The van der Waals surface area contributed by atoms with Crippen LogP contribution in [0.2, 0.25) is 0 Å². The van der Waals surface area contributed by atoms with Gasteiger partial charge in [0.1, 0.15) is 5.82 Å². The van der Waals surface area contributed by atoms with Crippen LogP contribution >= 0.6 is 0 Å². The Kier molecular flexibility index (Phi) is 4.29. The number of nitro groups is 1. The van der Waals surface area contributed by atoms with E-state index in [4.69, 9.17) is 0 Å². The molecule has 1 amide bonds. The lowest BCUT2D eigenvalue weighted by Crippen LogP contribution is -2.45. The number of carbonyl (C=O) groups excluding carboxylic acids is 1. The lowest BCUT2D eigenvalue weighted by molar-refractivity contribution is -0.385. The minimum absolute atomic E-state index is 0.166. The Morgan fingerprint density at radius 2 is 2.25 bits per heavy atom. The van der Waals surface area contributed by atoms with Gasteiger partial charge in [0.05, 0.1) is 29.2 Å². The van der Waals surface area contributed by atoms with Crippen LogP contribution in [0.1, 0.15) is 29.6 Å². The first-order valence-electron chi connectivity index (χ1n) is 6.40. The summed E-state index contributed by atoms with van der Waals surface area (Å²) in [5, 5.41) is 19.8. The van der Waals surface area contributed by atoms with E-state index >= 15 is 0 Å². The van der Waals surface area contributed by atoms with E-state index in [0.717, 1.165) is 31.0 Å². The first-order valence-corrected chi connectivity index (χ1v) is 6.40. The minimum Gasteiger partial charge on any atom is -0.394 e. The third-order valence-corrected chi connectivity index (χ3v) is 3.49. The molecule has 1 aromatic carbocycles. The molecular formula is C13H15FN2O4. The Hall–Kier alpha value is -2.02. The number of carbonyl (C=O) groups is 1. The average molecular weight is 282 g/mol. The normalized spacial score (nSPS) is 18.9. The van der Waals surface area contributed by atoms with Crippen LogP contribution in [-0.4, -0.2) is 40.0 Å². The van der Waals surface area contributed by atoms with Crippen molar-refractivity contribution in [3.63, 3.8) is 0 Å². The van der Waals surface area contributed by atoms with Crippen molar-refractivity contribution in [3.05, 3.63) is 39.7 Å². The van der Waals surface area contributed by atoms with Crippen LogP contribution in [-0.2, 0) is 0 Å². The quantitative estimate of drug-likeness (QED) is 0.676. The van der Waals surface area contributed by atoms with Crippen molar-refractivity contribution < 1.29 is 19.2 Å². The van der Waals surface area contributed by atoms with Crippen LogP contribution in [0.5, 0.6) is 0 Å². The number of rotatable bonds is 3. The van der Waals surface area contributed by atoms with Gasteiger partial charge in [-0.05, 0) is 25.3 Å². The molecule has 1 aromatic rings. The third kappa shape index (κ3) is 2.77. The van der Waals surface area contributed by atoms with Gasteiger partial charge in [0.15, 0.2) is 0 Å². The van der Waals surface area contributed by atoms with Crippen molar-refractivity contribution in [2.45, 2.75) is 25.3 Å². The predicted octanol–water partition coefficient (Wildman–Crippen LogP) is 1.72. The number of nitrogens with zero attached hydrogens (tertiary/aromatic N) is 2. The van der Waals surface area contributed by atoms with Crippen molar-refractivity contribution in [1.29, 1.82) is 0 Å². The smallest absolute Gasteiger partial charge is 0.272 e. The zero-order chi connectivity index (χ0) is 14.7. The van der Waals surface area contributed by atoms with Gasteiger partial charge in [-0.3, -0.25) is 14.9 Å². The van der Waals surface area contributed by atoms with Gasteiger partial charge in [-0.1, -0.05) is 0 Å². The monoisotopic (exact) mass is 282 g/mol. The van der Waals surface area contributed by atoms with Gasteiger partial charge in [-0.15, -0.1) is 0 Å². The molecule has 1 aliphatic rings. The largest absolute Gasteiger partial charge is 0.394 e.